The van der Waals surface area contributed by atoms with Gasteiger partial charge in [-0.15, -0.1) is 0 Å². The maximum absolute atomic E-state index is 12.5. The first kappa shape index (κ1) is 83.1. The SMILES string of the molecule is CCCCCCCC/C=C\CCCCCCCCCCCC(=O)OCCCCCCCCCCC/C=C\C/C=C\CCCCCCCCCCCCCCCCCC(=O)NC(CO)C(O)CCCCCCCCCCCCCCCCCCCC. The van der Waals surface area contributed by atoms with Crippen LogP contribution in [0.4, 0.5) is 0 Å². The number of carbonyl (C=O) groups is 2. The van der Waals surface area contributed by atoms with Crippen LogP contribution in [0.1, 0.15) is 431 Å². The van der Waals surface area contributed by atoms with E-state index in [2.05, 4.69) is 55.6 Å². The number of allylic oxidation sites excluding steroid dienone is 6. The number of aliphatic hydroxyl groups excluding tert-OH is 2. The van der Waals surface area contributed by atoms with E-state index in [9.17, 15) is 19.8 Å². The molecule has 0 aliphatic carbocycles. The van der Waals surface area contributed by atoms with Gasteiger partial charge in [0.25, 0.3) is 0 Å². The maximum atomic E-state index is 12.5. The minimum atomic E-state index is -0.665. The predicted octanol–water partition coefficient (Wildman–Crippen LogP) is 25.4. The molecular formula is C79H151NO5. The van der Waals surface area contributed by atoms with Crippen molar-refractivity contribution in [2.24, 2.45) is 0 Å². The highest BCUT2D eigenvalue weighted by molar-refractivity contribution is 5.76. The molecule has 0 spiro atoms. The first-order chi connectivity index (χ1) is 42.0. The van der Waals surface area contributed by atoms with Gasteiger partial charge in [0.1, 0.15) is 0 Å². The summed E-state index contributed by atoms with van der Waals surface area (Å²) in [5.74, 6) is -0.0169. The number of hydrogen-bond acceptors (Lipinski definition) is 5. The molecule has 0 saturated carbocycles. The lowest BCUT2D eigenvalue weighted by atomic mass is 10.0. The topological polar surface area (TPSA) is 95.9 Å². The quantitative estimate of drug-likeness (QED) is 0.0320. The standard InChI is InChI=1S/C79H151NO5/c1-3-5-7-9-11-13-15-17-19-21-36-41-45-49-53-57-61-65-69-73-79(84)85-74-70-66-62-58-54-50-46-42-38-35-33-31-29-27-25-23-24-26-28-30-32-34-37-40-44-48-52-56-60-64-68-72-78(83)80-76(75-81)77(82)71-67-63-59-55-51-47-43-39-22-20-18-16-14-12-10-8-6-4-2/h17,19,25,27,31,33,76-77,81-82H,3-16,18,20-24,26,28-30,32,34-75H2,1-2H3,(H,80,83)/b19-17-,27-25-,33-31-. The molecule has 0 saturated heterocycles. The van der Waals surface area contributed by atoms with Crippen molar-refractivity contribution in [3.63, 3.8) is 0 Å². The Hall–Kier alpha value is -1.92. The summed E-state index contributed by atoms with van der Waals surface area (Å²) in [5.41, 5.74) is 0. The molecule has 0 heterocycles. The Kier molecular flexibility index (Phi) is 72.9. The Labute approximate surface area is 532 Å². The zero-order valence-corrected chi connectivity index (χ0v) is 57.6. The third kappa shape index (κ3) is 71.0. The van der Waals surface area contributed by atoms with E-state index >= 15 is 0 Å². The largest absolute Gasteiger partial charge is 0.466 e. The second kappa shape index (κ2) is 74.5. The van der Waals surface area contributed by atoms with Gasteiger partial charge in [0.15, 0.2) is 0 Å². The van der Waals surface area contributed by atoms with E-state index in [1.807, 2.05) is 0 Å². The molecule has 502 valence electrons. The van der Waals surface area contributed by atoms with E-state index in [0.29, 0.717) is 25.9 Å². The van der Waals surface area contributed by atoms with Crippen molar-refractivity contribution in [1.82, 2.24) is 5.32 Å². The van der Waals surface area contributed by atoms with Crippen LogP contribution >= 0.6 is 0 Å². The van der Waals surface area contributed by atoms with E-state index in [1.54, 1.807) is 0 Å². The third-order valence-corrected chi connectivity index (χ3v) is 18.2. The van der Waals surface area contributed by atoms with Crippen molar-refractivity contribution in [3.05, 3.63) is 36.5 Å². The van der Waals surface area contributed by atoms with Crippen molar-refractivity contribution in [2.45, 2.75) is 443 Å². The molecule has 6 nitrogen and oxygen atoms in total. The normalized spacial score (nSPS) is 12.7. The van der Waals surface area contributed by atoms with E-state index in [0.717, 1.165) is 51.4 Å². The molecule has 3 N–H and O–H groups in total. The van der Waals surface area contributed by atoms with E-state index in [1.165, 1.54) is 347 Å². The molecule has 0 aromatic carbocycles. The summed E-state index contributed by atoms with van der Waals surface area (Å²) in [6.45, 7) is 4.99. The van der Waals surface area contributed by atoms with Gasteiger partial charge in [-0.3, -0.25) is 9.59 Å². The van der Waals surface area contributed by atoms with Crippen LogP contribution in [0, 0.1) is 0 Å². The minimum Gasteiger partial charge on any atom is -0.466 e. The summed E-state index contributed by atoms with van der Waals surface area (Å²) < 4.78 is 5.51. The van der Waals surface area contributed by atoms with Crippen LogP contribution in [-0.2, 0) is 14.3 Å². The van der Waals surface area contributed by atoms with Gasteiger partial charge in [-0.25, -0.2) is 0 Å². The molecule has 1 amide bonds. The number of esters is 1. The molecule has 2 atom stereocenters. The summed E-state index contributed by atoms with van der Waals surface area (Å²) >= 11 is 0. The number of unbranched alkanes of at least 4 members (excludes halogenated alkanes) is 56. The highest BCUT2D eigenvalue weighted by Gasteiger charge is 2.20. The van der Waals surface area contributed by atoms with Crippen LogP contribution in [0.15, 0.2) is 36.5 Å². The summed E-state index contributed by atoms with van der Waals surface area (Å²) in [5, 5.41) is 23.4. The monoisotopic (exact) mass is 1190 g/mol. The molecule has 0 rings (SSSR count). The molecule has 0 fully saturated rings. The Bertz CT molecular complexity index is 1380. The number of carbonyl (C=O) groups excluding carboxylic acids is 2. The van der Waals surface area contributed by atoms with Crippen molar-refractivity contribution in [2.75, 3.05) is 13.2 Å². The first-order valence-corrected chi connectivity index (χ1v) is 38.7. The number of hydrogen-bond donors (Lipinski definition) is 3. The van der Waals surface area contributed by atoms with Crippen molar-refractivity contribution in [1.29, 1.82) is 0 Å². The lowest BCUT2D eigenvalue weighted by Gasteiger charge is -2.22. The van der Waals surface area contributed by atoms with Gasteiger partial charge in [0.2, 0.25) is 5.91 Å². The number of rotatable bonds is 73. The van der Waals surface area contributed by atoms with Crippen LogP contribution in [-0.4, -0.2) is 47.4 Å². The van der Waals surface area contributed by atoms with E-state index < -0.39 is 12.1 Å². The Morgan fingerprint density at radius 2 is 0.588 bits per heavy atom. The predicted molar refractivity (Wildman–Crippen MR) is 375 cm³/mol. The van der Waals surface area contributed by atoms with Crippen molar-refractivity contribution >= 4 is 11.9 Å². The van der Waals surface area contributed by atoms with Crippen LogP contribution in [0.2, 0.25) is 0 Å². The van der Waals surface area contributed by atoms with Crippen molar-refractivity contribution in [3.8, 4) is 0 Å². The first-order valence-electron chi connectivity index (χ1n) is 38.7. The Morgan fingerprint density at radius 1 is 0.329 bits per heavy atom. The number of amides is 1. The second-order valence-electron chi connectivity index (χ2n) is 26.7. The highest BCUT2D eigenvalue weighted by atomic mass is 16.5. The number of ether oxygens (including phenoxy) is 1. The maximum Gasteiger partial charge on any atom is 0.305 e. The van der Waals surface area contributed by atoms with E-state index in [-0.39, 0.29) is 18.5 Å². The van der Waals surface area contributed by atoms with Gasteiger partial charge in [0.05, 0.1) is 25.4 Å². The Morgan fingerprint density at radius 3 is 0.906 bits per heavy atom. The molecule has 0 aliphatic heterocycles. The number of aliphatic hydroxyl groups is 2. The van der Waals surface area contributed by atoms with Crippen LogP contribution in [0.3, 0.4) is 0 Å². The molecule has 0 radical (unpaired) electrons. The van der Waals surface area contributed by atoms with Gasteiger partial charge >= 0.3 is 5.97 Å². The van der Waals surface area contributed by atoms with E-state index in [4.69, 9.17) is 4.74 Å². The zero-order valence-electron chi connectivity index (χ0n) is 57.6. The van der Waals surface area contributed by atoms with Crippen LogP contribution in [0.25, 0.3) is 0 Å². The Balaban J connectivity index is 3.38. The van der Waals surface area contributed by atoms with Crippen LogP contribution in [0.5, 0.6) is 0 Å². The summed E-state index contributed by atoms with van der Waals surface area (Å²) in [6.07, 6.45) is 96.5. The average molecular weight is 1200 g/mol. The minimum absolute atomic E-state index is 0.0135. The van der Waals surface area contributed by atoms with Crippen LogP contribution < -0.4 is 5.32 Å². The molecule has 0 aromatic heterocycles. The average Bonchev–Trinajstić information content (AvgIpc) is 3.51. The van der Waals surface area contributed by atoms with Gasteiger partial charge in [-0.05, 0) is 83.5 Å². The summed E-state index contributed by atoms with van der Waals surface area (Å²) in [6, 6.07) is -0.542. The van der Waals surface area contributed by atoms with Gasteiger partial charge in [-0.1, -0.05) is 371 Å². The lowest BCUT2D eigenvalue weighted by Crippen LogP contribution is -2.45. The molecule has 85 heavy (non-hydrogen) atoms. The van der Waals surface area contributed by atoms with Gasteiger partial charge in [-0.2, -0.15) is 0 Å². The fourth-order valence-corrected chi connectivity index (χ4v) is 12.3. The summed E-state index contributed by atoms with van der Waals surface area (Å²) in [4.78, 5) is 24.7. The molecule has 0 aromatic rings. The number of nitrogens with one attached hydrogen (secondary N) is 1. The lowest BCUT2D eigenvalue weighted by molar-refractivity contribution is -0.143. The zero-order chi connectivity index (χ0) is 61.3. The molecular weight excluding hydrogens is 1040 g/mol. The smallest absolute Gasteiger partial charge is 0.305 e. The second-order valence-corrected chi connectivity index (χ2v) is 26.7. The molecule has 2 unspecified atom stereocenters. The molecule has 0 aliphatic rings. The van der Waals surface area contributed by atoms with Gasteiger partial charge in [0, 0.05) is 12.8 Å². The fourth-order valence-electron chi connectivity index (χ4n) is 12.3. The molecule has 6 heteroatoms. The summed E-state index contributed by atoms with van der Waals surface area (Å²) in [7, 11) is 0. The van der Waals surface area contributed by atoms with Gasteiger partial charge < -0.3 is 20.3 Å². The van der Waals surface area contributed by atoms with Crippen molar-refractivity contribution < 1.29 is 24.5 Å². The molecule has 0 bridgehead atoms. The third-order valence-electron chi connectivity index (χ3n) is 18.2. The fraction of sp³-hybridized carbons (Fsp3) is 0.899. The highest BCUT2D eigenvalue weighted by Crippen LogP contribution is 2.19.